The van der Waals surface area contributed by atoms with Gasteiger partial charge < -0.3 is 15.8 Å². The largest absolute Gasteiger partial charge is 0.497 e. The molecule has 0 spiro atoms. The number of rotatable bonds is 4. The van der Waals surface area contributed by atoms with Crippen LogP contribution in [0.3, 0.4) is 0 Å². The Kier molecular flexibility index (Phi) is 6.21. The van der Waals surface area contributed by atoms with Crippen LogP contribution in [0.25, 0.3) is 10.2 Å². The highest BCUT2D eigenvalue weighted by molar-refractivity contribution is 7.22. The molecule has 7 heteroatoms. The maximum Gasteiger partial charge on any atom is 0.226 e. The molecule has 1 aromatic carbocycles. The van der Waals surface area contributed by atoms with E-state index in [9.17, 15) is 4.79 Å². The number of amides is 1. The van der Waals surface area contributed by atoms with Gasteiger partial charge in [0.05, 0.1) is 17.3 Å². The Morgan fingerprint density at radius 1 is 1.43 bits per heavy atom. The maximum absolute atomic E-state index is 12.2. The lowest BCUT2D eigenvalue weighted by molar-refractivity contribution is -0.117. The Labute approximate surface area is 146 Å². The molecule has 0 bridgehead atoms. The summed E-state index contributed by atoms with van der Waals surface area (Å²) in [5, 5.41) is 3.55. The molecule has 0 radical (unpaired) electrons. The predicted octanol–water partition coefficient (Wildman–Crippen LogP) is 3.57. The average Bonchev–Trinajstić information content (AvgIpc) is 2.90. The number of fused-ring (bicyclic) bond motifs is 1. The van der Waals surface area contributed by atoms with Crippen LogP contribution in [0.5, 0.6) is 5.75 Å². The summed E-state index contributed by atoms with van der Waals surface area (Å²) in [5.74, 6) is 1.10. The number of hydrogen-bond acceptors (Lipinski definition) is 5. The summed E-state index contributed by atoms with van der Waals surface area (Å²) < 4.78 is 6.21. The Morgan fingerprint density at radius 3 is 2.96 bits per heavy atom. The van der Waals surface area contributed by atoms with Crippen molar-refractivity contribution in [1.29, 1.82) is 0 Å². The van der Waals surface area contributed by atoms with Crippen molar-refractivity contribution >= 4 is 45.0 Å². The van der Waals surface area contributed by atoms with Crippen molar-refractivity contribution in [2.75, 3.05) is 12.4 Å². The number of aromatic nitrogens is 1. The summed E-state index contributed by atoms with van der Waals surface area (Å²) in [6, 6.07) is 5.85. The van der Waals surface area contributed by atoms with E-state index in [0.717, 1.165) is 28.8 Å². The first-order valence-corrected chi connectivity index (χ1v) is 8.47. The van der Waals surface area contributed by atoms with Gasteiger partial charge in [0.1, 0.15) is 5.75 Å². The van der Waals surface area contributed by atoms with Gasteiger partial charge in [-0.2, -0.15) is 0 Å². The third kappa shape index (κ3) is 4.34. The number of thiazole rings is 1. The van der Waals surface area contributed by atoms with Crippen molar-refractivity contribution < 1.29 is 9.53 Å². The molecule has 1 aromatic heterocycles. The minimum atomic E-state index is 0. The third-order valence-corrected chi connectivity index (χ3v) is 5.19. The number of benzene rings is 1. The van der Waals surface area contributed by atoms with Gasteiger partial charge in [0.2, 0.25) is 5.91 Å². The van der Waals surface area contributed by atoms with Gasteiger partial charge in [-0.3, -0.25) is 4.79 Å². The van der Waals surface area contributed by atoms with Crippen LogP contribution in [0.15, 0.2) is 18.2 Å². The van der Waals surface area contributed by atoms with E-state index in [1.165, 1.54) is 24.2 Å². The van der Waals surface area contributed by atoms with E-state index >= 15 is 0 Å². The van der Waals surface area contributed by atoms with Crippen LogP contribution in [-0.2, 0) is 4.79 Å². The quantitative estimate of drug-likeness (QED) is 0.878. The molecule has 1 fully saturated rings. The highest BCUT2D eigenvalue weighted by Crippen LogP contribution is 2.30. The molecule has 1 saturated carbocycles. The van der Waals surface area contributed by atoms with Crippen LogP contribution < -0.4 is 15.8 Å². The number of nitrogens with zero attached hydrogens (tertiary/aromatic N) is 1. The normalized spacial score (nSPS) is 20.8. The fourth-order valence-electron chi connectivity index (χ4n) is 2.98. The zero-order chi connectivity index (χ0) is 15.5. The highest BCUT2D eigenvalue weighted by Gasteiger charge is 2.24. The standard InChI is InChI=1S/C16H21N3O2S.ClH/c1-21-11-6-7-13-14(9-11)22-16(18-13)19-15(20)8-10-4-2-3-5-12(10)17;/h6-7,9-10,12H,2-5,8,17H2,1H3,(H,18,19,20);1H. The minimum absolute atomic E-state index is 0. The monoisotopic (exact) mass is 355 g/mol. The van der Waals surface area contributed by atoms with Crippen LogP contribution >= 0.6 is 23.7 Å². The van der Waals surface area contributed by atoms with Crippen molar-refractivity contribution in [3.63, 3.8) is 0 Å². The number of carbonyl (C=O) groups excluding carboxylic acids is 1. The maximum atomic E-state index is 12.2. The van der Waals surface area contributed by atoms with Gasteiger partial charge >= 0.3 is 0 Å². The molecule has 5 nitrogen and oxygen atoms in total. The van der Waals surface area contributed by atoms with Crippen LogP contribution in [0.1, 0.15) is 32.1 Å². The van der Waals surface area contributed by atoms with E-state index in [2.05, 4.69) is 10.3 Å². The van der Waals surface area contributed by atoms with Gasteiger partial charge in [0.15, 0.2) is 5.13 Å². The number of ether oxygens (including phenoxy) is 1. The first-order chi connectivity index (χ1) is 10.7. The second-order valence-electron chi connectivity index (χ2n) is 5.81. The Morgan fingerprint density at radius 2 is 2.22 bits per heavy atom. The summed E-state index contributed by atoms with van der Waals surface area (Å²) in [4.78, 5) is 16.6. The molecule has 3 N–H and O–H groups in total. The van der Waals surface area contributed by atoms with Crippen molar-refractivity contribution in [3.8, 4) is 5.75 Å². The third-order valence-electron chi connectivity index (χ3n) is 4.26. The van der Waals surface area contributed by atoms with Gasteiger partial charge in [0.25, 0.3) is 0 Å². The first kappa shape index (κ1) is 18.0. The molecule has 2 aromatic rings. The number of nitrogens with two attached hydrogens (primary N) is 1. The summed E-state index contributed by atoms with van der Waals surface area (Å²) in [6.45, 7) is 0. The molecule has 23 heavy (non-hydrogen) atoms. The highest BCUT2D eigenvalue weighted by atomic mass is 35.5. The molecular formula is C16H22ClN3O2S. The van der Waals surface area contributed by atoms with Gasteiger partial charge in [0, 0.05) is 12.5 Å². The van der Waals surface area contributed by atoms with Crippen molar-refractivity contribution in [2.45, 2.75) is 38.1 Å². The average molecular weight is 356 g/mol. The van der Waals surface area contributed by atoms with E-state index < -0.39 is 0 Å². The fourth-order valence-corrected chi connectivity index (χ4v) is 3.89. The summed E-state index contributed by atoms with van der Waals surface area (Å²) in [6.07, 6.45) is 4.91. The van der Waals surface area contributed by atoms with Gasteiger partial charge in [-0.25, -0.2) is 4.98 Å². The number of anilines is 1. The topological polar surface area (TPSA) is 77.2 Å². The second kappa shape index (κ2) is 7.95. The van der Waals surface area contributed by atoms with Crippen LogP contribution in [0.2, 0.25) is 0 Å². The Bertz CT molecular complexity index is 676. The van der Waals surface area contributed by atoms with E-state index in [1.54, 1.807) is 7.11 Å². The number of hydrogen-bond donors (Lipinski definition) is 2. The fraction of sp³-hybridized carbons (Fsp3) is 0.500. The number of halogens is 1. The molecule has 126 valence electrons. The van der Waals surface area contributed by atoms with Gasteiger partial charge in [-0.15, -0.1) is 12.4 Å². The SMILES string of the molecule is COc1ccc2nc(NC(=O)CC3CCCCC3N)sc2c1.Cl. The number of nitrogens with one attached hydrogen (secondary N) is 1. The van der Waals surface area contributed by atoms with E-state index in [-0.39, 0.29) is 24.4 Å². The zero-order valence-corrected chi connectivity index (χ0v) is 14.7. The summed E-state index contributed by atoms with van der Waals surface area (Å²) in [7, 11) is 1.64. The number of carbonyl (C=O) groups is 1. The van der Waals surface area contributed by atoms with Gasteiger partial charge in [-0.1, -0.05) is 24.2 Å². The smallest absolute Gasteiger partial charge is 0.226 e. The molecule has 1 aliphatic rings. The first-order valence-electron chi connectivity index (χ1n) is 7.65. The zero-order valence-electron chi connectivity index (χ0n) is 13.1. The Hall–Kier alpha value is -1.37. The van der Waals surface area contributed by atoms with Crippen LogP contribution in [-0.4, -0.2) is 24.0 Å². The lowest BCUT2D eigenvalue weighted by Crippen LogP contribution is -2.35. The molecule has 2 unspecified atom stereocenters. The van der Waals surface area contributed by atoms with Gasteiger partial charge in [-0.05, 0) is 37.0 Å². The molecule has 3 rings (SSSR count). The molecule has 1 aliphatic carbocycles. The lowest BCUT2D eigenvalue weighted by Gasteiger charge is -2.27. The number of methoxy groups -OCH3 is 1. The lowest BCUT2D eigenvalue weighted by atomic mass is 9.83. The molecule has 1 amide bonds. The van der Waals surface area contributed by atoms with E-state index in [4.69, 9.17) is 10.5 Å². The van der Waals surface area contributed by atoms with E-state index in [1.807, 2.05) is 18.2 Å². The van der Waals surface area contributed by atoms with Crippen molar-refractivity contribution in [1.82, 2.24) is 4.98 Å². The minimum Gasteiger partial charge on any atom is -0.497 e. The summed E-state index contributed by atoms with van der Waals surface area (Å²) >= 11 is 1.46. The summed E-state index contributed by atoms with van der Waals surface area (Å²) in [5.41, 5.74) is 6.98. The molecule has 1 heterocycles. The molecule has 2 atom stereocenters. The van der Waals surface area contributed by atoms with E-state index in [0.29, 0.717) is 17.5 Å². The van der Waals surface area contributed by atoms with Crippen molar-refractivity contribution in [2.24, 2.45) is 11.7 Å². The van der Waals surface area contributed by atoms with Crippen molar-refractivity contribution in [3.05, 3.63) is 18.2 Å². The molecular weight excluding hydrogens is 334 g/mol. The second-order valence-corrected chi connectivity index (χ2v) is 6.84. The van der Waals surface area contributed by atoms with Crippen LogP contribution in [0.4, 0.5) is 5.13 Å². The Balaban J connectivity index is 0.00000192. The predicted molar refractivity (Wildman–Crippen MR) is 96.6 cm³/mol. The molecule has 0 saturated heterocycles. The van der Waals surface area contributed by atoms with Crippen LogP contribution in [0, 0.1) is 5.92 Å². The molecule has 0 aliphatic heterocycles.